The number of unbranched alkanes of at least 4 members (excludes halogenated alkanes) is 2. The second-order valence-corrected chi connectivity index (χ2v) is 5.22. The van der Waals surface area contributed by atoms with Crippen LogP contribution in [0, 0.1) is 0 Å². The highest BCUT2D eigenvalue weighted by molar-refractivity contribution is 6.01. The van der Waals surface area contributed by atoms with Crippen molar-refractivity contribution >= 4 is 23.2 Å². The largest absolute Gasteiger partial charge is 0.471 e. The summed E-state index contributed by atoms with van der Waals surface area (Å²) in [5.74, 6) is -2.26. The predicted octanol–water partition coefficient (Wildman–Crippen LogP) is 3.61. The molecule has 132 valence electrons. The summed E-state index contributed by atoms with van der Waals surface area (Å²) in [6.07, 6.45) is -1.85. The molecule has 0 aromatic heterocycles. The zero-order chi connectivity index (χ0) is 18.2. The number of carbonyl (C=O) groups excluding carboxylic acids is 2. The van der Waals surface area contributed by atoms with Crippen LogP contribution in [-0.4, -0.2) is 23.7 Å². The van der Waals surface area contributed by atoms with Crippen molar-refractivity contribution in [2.45, 2.75) is 45.7 Å². The van der Waals surface area contributed by atoms with E-state index in [1.165, 1.54) is 18.2 Å². The highest BCUT2D eigenvalue weighted by Gasteiger charge is 2.38. The Morgan fingerprint density at radius 3 is 2.54 bits per heavy atom. The Morgan fingerprint density at radius 1 is 1.21 bits per heavy atom. The SMILES string of the molecule is CCCCCC(=O)N/N=C(/C)c1cccc(NC(=O)C(F)(F)F)c1. The molecule has 0 saturated heterocycles. The van der Waals surface area contributed by atoms with Crippen LogP contribution in [-0.2, 0) is 9.59 Å². The number of nitrogens with zero attached hydrogens (tertiary/aromatic N) is 1. The number of amides is 2. The van der Waals surface area contributed by atoms with Gasteiger partial charge in [-0.05, 0) is 31.0 Å². The zero-order valence-corrected chi connectivity index (χ0v) is 13.5. The Bertz CT molecular complexity index is 613. The quantitative estimate of drug-likeness (QED) is 0.451. The van der Waals surface area contributed by atoms with Crippen LogP contribution in [0.1, 0.15) is 45.1 Å². The van der Waals surface area contributed by atoms with Gasteiger partial charge in [-0.15, -0.1) is 0 Å². The molecule has 2 amide bonds. The van der Waals surface area contributed by atoms with Gasteiger partial charge in [-0.2, -0.15) is 18.3 Å². The molecule has 0 aliphatic carbocycles. The summed E-state index contributed by atoms with van der Waals surface area (Å²) in [7, 11) is 0. The molecule has 0 aliphatic heterocycles. The zero-order valence-electron chi connectivity index (χ0n) is 13.5. The van der Waals surface area contributed by atoms with Crippen LogP contribution in [0.5, 0.6) is 0 Å². The van der Waals surface area contributed by atoms with Gasteiger partial charge in [-0.1, -0.05) is 31.9 Å². The summed E-state index contributed by atoms with van der Waals surface area (Å²) >= 11 is 0. The lowest BCUT2D eigenvalue weighted by atomic mass is 10.1. The minimum atomic E-state index is -4.95. The van der Waals surface area contributed by atoms with Crippen molar-refractivity contribution in [1.82, 2.24) is 5.43 Å². The fraction of sp³-hybridized carbons (Fsp3) is 0.438. The molecule has 0 atom stereocenters. The van der Waals surface area contributed by atoms with Gasteiger partial charge in [0.15, 0.2) is 0 Å². The molecule has 0 unspecified atom stereocenters. The van der Waals surface area contributed by atoms with Crippen molar-refractivity contribution < 1.29 is 22.8 Å². The molecule has 0 heterocycles. The maximum Gasteiger partial charge on any atom is 0.471 e. The van der Waals surface area contributed by atoms with E-state index in [2.05, 4.69) is 10.5 Å². The van der Waals surface area contributed by atoms with Crippen LogP contribution in [0.4, 0.5) is 18.9 Å². The molecular weight excluding hydrogens is 323 g/mol. The third-order valence-electron chi connectivity index (χ3n) is 3.15. The van der Waals surface area contributed by atoms with Gasteiger partial charge in [0.1, 0.15) is 0 Å². The summed E-state index contributed by atoms with van der Waals surface area (Å²) in [5, 5.41) is 5.69. The van der Waals surface area contributed by atoms with Crippen molar-refractivity contribution in [1.29, 1.82) is 0 Å². The summed E-state index contributed by atoms with van der Waals surface area (Å²) in [6, 6.07) is 5.80. The van der Waals surface area contributed by atoms with Crippen LogP contribution in [0.25, 0.3) is 0 Å². The number of benzene rings is 1. The average molecular weight is 343 g/mol. The Kier molecular flexibility index (Phi) is 7.41. The third-order valence-corrected chi connectivity index (χ3v) is 3.15. The van der Waals surface area contributed by atoms with Crippen LogP contribution < -0.4 is 10.7 Å². The van der Waals surface area contributed by atoms with Crippen LogP contribution in [0.15, 0.2) is 29.4 Å². The number of anilines is 1. The Morgan fingerprint density at radius 2 is 1.92 bits per heavy atom. The number of hydrogen-bond donors (Lipinski definition) is 2. The van der Waals surface area contributed by atoms with E-state index in [1.54, 1.807) is 18.3 Å². The molecule has 0 saturated carbocycles. The Labute approximate surface area is 138 Å². The minimum Gasteiger partial charge on any atom is -0.318 e. The smallest absolute Gasteiger partial charge is 0.318 e. The van der Waals surface area contributed by atoms with E-state index in [1.807, 2.05) is 6.92 Å². The van der Waals surface area contributed by atoms with Crippen molar-refractivity contribution in [3.8, 4) is 0 Å². The first kappa shape index (κ1) is 19.7. The Balaban J connectivity index is 2.69. The lowest BCUT2D eigenvalue weighted by Gasteiger charge is -2.09. The number of halogens is 3. The number of hydrogen-bond acceptors (Lipinski definition) is 3. The first-order valence-corrected chi connectivity index (χ1v) is 7.55. The summed E-state index contributed by atoms with van der Waals surface area (Å²) in [4.78, 5) is 22.5. The number of alkyl halides is 3. The average Bonchev–Trinajstić information content (AvgIpc) is 2.52. The summed E-state index contributed by atoms with van der Waals surface area (Å²) in [5.41, 5.74) is 3.31. The summed E-state index contributed by atoms with van der Waals surface area (Å²) < 4.78 is 36.7. The van der Waals surface area contributed by atoms with Gasteiger partial charge in [0.05, 0.1) is 5.71 Å². The van der Waals surface area contributed by atoms with Gasteiger partial charge >= 0.3 is 12.1 Å². The van der Waals surface area contributed by atoms with E-state index in [0.29, 0.717) is 17.7 Å². The molecule has 0 spiro atoms. The maximum absolute atomic E-state index is 12.2. The van der Waals surface area contributed by atoms with Crippen molar-refractivity contribution in [3.63, 3.8) is 0 Å². The number of nitrogens with one attached hydrogen (secondary N) is 2. The number of rotatable bonds is 7. The topological polar surface area (TPSA) is 70.6 Å². The molecule has 24 heavy (non-hydrogen) atoms. The molecule has 2 N–H and O–H groups in total. The second-order valence-electron chi connectivity index (χ2n) is 5.22. The molecule has 0 bridgehead atoms. The molecule has 8 heteroatoms. The Hall–Kier alpha value is -2.38. The lowest BCUT2D eigenvalue weighted by Crippen LogP contribution is -2.29. The molecule has 1 aromatic rings. The molecule has 0 aliphatic rings. The third kappa shape index (κ3) is 6.80. The minimum absolute atomic E-state index is 0.00125. The van der Waals surface area contributed by atoms with Gasteiger partial charge in [0, 0.05) is 12.1 Å². The predicted molar refractivity (Wildman–Crippen MR) is 85.6 cm³/mol. The highest BCUT2D eigenvalue weighted by atomic mass is 19.4. The van der Waals surface area contributed by atoms with E-state index >= 15 is 0 Å². The standard InChI is InChI=1S/C16H20F3N3O2/c1-3-4-5-9-14(23)22-21-11(2)12-7-6-8-13(10-12)20-15(24)16(17,18)19/h6-8,10H,3-5,9H2,1-2H3,(H,20,24)(H,22,23)/b21-11-. The van der Waals surface area contributed by atoms with E-state index in [0.717, 1.165) is 19.3 Å². The molecule has 1 rings (SSSR count). The van der Waals surface area contributed by atoms with Crippen LogP contribution in [0.2, 0.25) is 0 Å². The van der Waals surface area contributed by atoms with Crippen LogP contribution in [0.3, 0.4) is 0 Å². The molecule has 0 radical (unpaired) electrons. The van der Waals surface area contributed by atoms with Gasteiger partial charge < -0.3 is 5.32 Å². The molecule has 0 fully saturated rings. The number of carbonyl (C=O) groups is 2. The monoisotopic (exact) mass is 343 g/mol. The molecular formula is C16H20F3N3O2. The maximum atomic E-state index is 12.2. The van der Waals surface area contributed by atoms with Crippen molar-refractivity contribution in [2.75, 3.05) is 5.32 Å². The highest BCUT2D eigenvalue weighted by Crippen LogP contribution is 2.19. The van der Waals surface area contributed by atoms with Crippen molar-refractivity contribution in [2.24, 2.45) is 5.10 Å². The van der Waals surface area contributed by atoms with E-state index < -0.39 is 12.1 Å². The normalized spacial score (nSPS) is 12.0. The first-order valence-electron chi connectivity index (χ1n) is 7.55. The van der Waals surface area contributed by atoms with E-state index in [-0.39, 0.29) is 11.6 Å². The van der Waals surface area contributed by atoms with Gasteiger partial charge in [0.25, 0.3) is 0 Å². The second kappa shape index (κ2) is 9.05. The van der Waals surface area contributed by atoms with Gasteiger partial charge in [-0.3, -0.25) is 9.59 Å². The lowest BCUT2D eigenvalue weighted by molar-refractivity contribution is -0.167. The fourth-order valence-corrected chi connectivity index (χ4v) is 1.83. The first-order chi connectivity index (χ1) is 11.2. The van der Waals surface area contributed by atoms with Gasteiger partial charge in [0.2, 0.25) is 5.91 Å². The van der Waals surface area contributed by atoms with Gasteiger partial charge in [-0.25, -0.2) is 5.43 Å². The molecule has 5 nitrogen and oxygen atoms in total. The number of hydrazone groups is 1. The fourth-order valence-electron chi connectivity index (χ4n) is 1.83. The van der Waals surface area contributed by atoms with Crippen molar-refractivity contribution in [3.05, 3.63) is 29.8 Å². The summed E-state index contributed by atoms with van der Waals surface area (Å²) in [6.45, 7) is 3.64. The van der Waals surface area contributed by atoms with E-state index in [9.17, 15) is 22.8 Å². The van der Waals surface area contributed by atoms with Crippen LogP contribution >= 0.6 is 0 Å². The van der Waals surface area contributed by atoms with E-state index in [4.69, 9.17) is 0 Å². The molecule has 1 aromatic carbocycles.